The van der Waals surface area contributed by atoms with Gasteiger partial charge in [-0.1, -0.05) is 197 Å². The van der Waals surface area contributed by atoms with E-state index in [1.165, 1.54) is 49.0 Å². The van der Waals surface area contributed by atoms with Crippen LogP contribution in [0.15, 0.2) is 146 Å². The van der Waals surface area contributed by atoms with Crippen LogP contribution in [0.5, 0.6) is 5.75 Å². The molecule has 352 valence electrons. The Morgan fingerprint density at radius 1 is 0.551 bits per heavy atom. The summed E-state index contributed by atoms with van der Waals surface area (Å²) in [6.45, 7) is 20.1. The van der Waals surface area contributed by atoms with Crippen molar-refractivity contribution < 1.29 is 6.48 Å². The third-order valence-electron chi connectivity index (χ3n) is 15.5. The molecule has 0 amide bonds. The zero-order chi connectivity index (χ0) is 49.2. The highest BCUT2D eigenvalue weighted by molar-refractivity contribution is 6.80. The Morgan fingerprint density at radius 2 is 1.20 bits per heavy atom. The molecule has 4 heterocycles. The topological polar surface area (TPSA) is 50.9 Å². The van der Waals surface area contributed by atoms with Crippen LogP contribution in [0, 0.1) is 0 Å². The number of aromatic nitrogens is 3. The minimum atomic E-state index is -1.29. The average Bonchev–Trinajstić information content (AvgIpc) is 3.74. The van der Waals surface area contributed by atoms with Crippen LogP contribution in [0.3, 0.4) is 0 Å². The van der Waals surface area contributed by atoms with Gasteiger partial charge in [0.15, 0.2) is 0 Å². The van der Waals surface area contributed by atoms with Gasteiger partial charge >= 0.3 is 0 Å². The highest BCUT2D eigenvalue weighted by Crippen LogP contribution is 2.49. The van der Waals surface area contributed by atoms with Gasteiger partial charge in [-0.3, -0.25) is 9.55 Å². The van der Waals surface area contributed by atoms with Gasteiger partial charge in [0.25, 0.3) is 0 Å². The van der Waals surface area contributed by atoms with Gasteiger partial charge in [0.1, 0.15) is 11.6 Å². The van der Waals surface area contributed by atoms with Crippen molar-refractivity contribution in [1.29, 1.82) is 0 Å². The van der Waals surface area contributed by atoms with Gasteiger partial charge in [0.05, 0.1) is 36.1 Å². The fraction of sp³-hybridized carbons (Fsp3) is 0.344. The summed E-state index contributed by atoms with van der Waals surface area (Å²) in [6, 6.07) is 55.6. The zero-order valence-electron chi connectivity index (χ0n) is 43.5. The molecule has 4 nitrogen and oxygen atoms in total. The van der Waals surface area contributed by atoms with Gasteiger partial charge in [-0.2, -0.15) is 0 Å². The Kier molecular flexibility index (Phi) is 11.9. The summed E-state index contributed by atoms with van der Waals surface area (Å²) in [4.78, 5) is 10.7. The molecule has 1 spiro atoms. The molecule has 2 saturated heterocycles. The van der Waals surface area contributed by atoms with E-state index in [1.54, 1.807) is 0 Å². The molecule has 2 fully saturated rings. The number of phenols is 1. The number of hydrogen-bond donors (Lipinski definition) is 1. The van der Waals surface area contributed by atoms with Gasteiger partial charge in [-0.25, -0.2) is 4.98 Å². The second-order valence-electron chi connectivity index (χ2n) is 23.5. The van der Waals surface area contributed by atoms with Crippen molar-refractivity contribution in [2.45, 2.75) is 141 Å². The van der Waals surface area contributed by atoms with Crippen LogP contribution >= 0.6 is 0 Å². The normalized spacial score (nSPS) is 16.4. The minimum absolute atomic E-state index is 0.151. The molecule has 0 unspecified atom stereocenters. The first-order valence-corrected chi connectivity index (χ1v) is 28.4. The Balaban J connectivity index is 1.23. The van der Waals surface area contributed by atoms with E-state index in [0.29, 0.717) is 11.4 Å². The molecule has 1 N–H and O–H groups in total. The predicted molar refractivity (Wildman–Crippen MR) is 295 cm³/mol. The number of nitrogens with zero attached hydrogens (tertiary/aromatic N) is 3. The number of aromatic hydroxyl groups is 1. The number of benzene rings is 6. The first-order valence-electron chi connectivity index (χ1n) is 26.1. The Bertz CT molecular complexity index is 3210. The fourth-order valence-corrected chi connectivity index (χ4v) is 16.5. The molecule has 0 radical (unpaired) electrons. The fourth-order valence-electron chi connectivity index (χ4n) is 11.3. The van der Waals surface area contributed by atoms with Gasteiger partial charge in [-0.05, 0) is 122 Å². The van der Waals surface area contributed by atoms with Crippen LogP contribution in [0.4, 0.5) is 0 Å². The maximum absolute atomic E-state index is 12.7. The van der Waals surface area contributed by atoms with E-state index < -0.39 is 14.0 Å². The molecule has 69 heavy (non-hydrogen) atoms. The lowest BCUT2D eigenvalue weighted by Crippen LogP contribution is -2.39. The molecule has 2 aliphatic heterocycles. The summed E-state index contributed by atoms with van der Waals surface area (Å²) in [7, 11) is -1.29. The molecule has 6 aromatic carbocycles. The monoisotopic (exact) mass is 927 g/mol. The summed E-state index contributed by atoms with van der Waals surface area (Å²) >= 11 is 0. The van der Waals surface area contributed by atoms with Crippen molar-refractivity contribution in [3.05, 3.63) is 168 Å². The van der Waals surface area contributed by atoms with Gasteiger partial charge in [0, 0.05) is 29.8 Å². The highest BCUT2D eigenvalue weighted by Gasteiger charge is 2.39. The van der Waals surface area contributed by atoms with Crippen LogP contribution in [0.25, 0.3) is 72.7 Å². The van der Waals surface area contributed by atoms with Crippen molar-refractivity contribution in [3.63, 3.8) is 0 Å². The Labute approximate surface area is 414 Å². The summed E-state index contributed by atoms with van der Waals surface area (Å²) in [5.74, 6) is 0.317. The van der Waals surface area contributed by atoms with Crippen molar-refractivity contribution in [1.82, 2.24) is 14.5 Å². The van der Waals surface area contributed by atoms with Crippen LogP contribution in [-0.2, 0) is 16.2 Å². The molecule has 0 saturated carbocycles. The van der Waals surface area contributed by atoms with Crippen LogP contribution in [0.1, 0.15) is 124 Å². The zero-order valence-corrected chi connectivity index (χ0v) is 43.5. The molecule has 2 aliphatic rings. The van der Waals surface area contributed by atoms with Crippen molar-refractivity contribution >= 4 is 19.1 Å². The second-order valence-corrected chi connectivity index (χ2v) is 28.5. The molecule has 10 rings (SSSR count). The number of rotatable bonds is 7. The van der Waals surface area contributed by atoms with Crippen molar-refractivity contribution in [2.24, 2.45) is 0 Å². The summed E-state index contributed by atoms with van der Waals surface area (Å²) in [5, 5.41) is 12.7. The minimum Gasteiger partial charge on any atom is -0.507 e. The van der Waals surface area contributed by atoms with Gasteiger partial charge in [-0.15, -0.1) is 0 Å². The van der Waals surface area contributed by atoms with E-state index in [2.05, 4.69) is 206 Å². The second kappa shape index (κ2) is 18.0. The number of hydrogen-bond acceptors (Lipinski definition) is 3. The maximum atomic E-state index is 12.7. The lowest BCUT2D eigenvalue weighted by molar-refractivity contribution is 0.446. The van der Waals surface area contributed by atoms with E-state index in [1.807, 2.05) is 6.20 Å². The number of phenolic OH excluding ortho intramolecular Hbond substituents is 1. The van der Waals surface area contributed by atoms with E-state index >= 15 is 0 Å². The molecular weight excluding hydrogens is 855 g/mol. The molecular formula is C64H71N3OSi. The van der Waals surface area contributed by atoms with Gasteiger partial charge < -0.3 is 5.11 Å². The molecule has 0 bridgehead atoms. The third kappa shape index (κ3) is 9.28. The molecule has 8 aromatic rings. The number of fused-ring (bicyclic) bond motifs is 1. The number of imidazole rings is 1. The Morgan fingerprint density at radius 3 is 1.87 bits per heavy atom. The largest absolute Gasteiger partial charge is 0.507 e. The van der Waals surface area contributed by atoms with Crippen molar-refractivity contribution in [3.8, 4) is 67.5 Å². The maximum Gasteiger partial charge on any atom is 0.149 e. The summed E-state index contributed by atoms with van der Waals surface area (Å²) < 4.78 is 12.5. The van der Waals surface area contributed by atoms with E-state index in [9.17, 15) is 6.48 Å². The summed E-state index contributed by atoms with van der Waals surface area (Å²) in [5.41, 5.74) is 15.6. The lowest BCUT2D eigenvalue weighted by Gasteiger charge is -2.41. The highest BCUT2D eigenvalue weighted by atomic mass is 28.3. The SMILES string of the molecule is [2H]C1(c2ccc(-n3c(-c4cc(C(C)(C)C)cc(C(C)(C)C)c4O)nc4c(-c5cc(-c6cc(-c7ccccc7)ccn6)cc(C(C)(C)C)c5)cccc43)c(-c3ccccc3)c2)CC[Si]2(CCCCC2)CC1. The van der Waals surface area contributed by atoms with Crippen molar-refractivity contribution in [2.75, 3.05) is 0 Å². The van der Waals surface area contributed by atoms with E-state index in [-0.39, 0.29) is 22.0 Å². The standard InChI is InChI=1S/C64H71N3OSi/c1-62(2,3)50-37-48(36-49(38-50)56-40-47(28-31-65-56)43-20-13-10-14-21-43)52-24-19-25-58-59(52)66-61(54-41-51(63(4,5)6)42-55(60(54)68)64(7,8)9)67(58)57-27-26-46(39-53(57)45-22-15-11-16-23-45)44-29-34-69(35-30-44)32-17-12-18-33-69/h10-11,13-16,19-28,31,36-42,44,68H,12,17-18,29-30,32-35H2,1-9H3/i44D. The average molecular weight is 927 g/mol. The summed E-state index contributed by atoms with van der Waals surface area (Å²) in [6.07, 6.45) is 7.97. The Hall–Kier alpha value is -6.04. The molecule has 0 atom stereocenters. The molecule has 5 heteroatoms. The van der Waals surface area contributed by atoms with E-state index in [4.69, 9.17) is 9.97 Å². The van der Waals surface area contributed by atoms with Gasteiger partial charge in [0.2, 0.25) is 0 Å². The third-order valence-corrected chi connectivity index (χ3v) is 21.0. The lowest BCUT2D eigenvalue weighted by atomic mass is 9.79. The van der Waals surface area contributed by atoms with Crippen LogP contribution in [0.2, 0.25) is 24.2 Å². The quantitative estimate of drug-likeness (QED) is 0.162. The van der Waals surface area contributed by atoms with Crippen LogP contribution < -0.4 is 0 Å². The number of para-hydroxylation sites is 1. The first kappa shape index (κ1) is 45.4. The predicted octanol–water partition coefficient (Wildman–Crippen LogP) is 17.9. The van der Waals surface area contributed by atoms with Crippen LogP contribution in [-0.4, -0.2) is 27.7 Å². The van der Waals surface area contributed by atoms with E-state index in [0.717, 1.165) is 90.9 Å². The molecule has 0 aliphatic carbocycles. The smallest absolute Gasteiger partial charge is 0.149 e. The number of pyridine rings is 1. The molecule has 2 aromatic heterocycles. The first-order chi connectivity index (χ1) is 33.3.